The van der Waals surface area contributed by atoms with E-state index in [4.69, 9.17) is 4.74 Å². The predicted octanol–water partition coefficient (Wildman–Crippen LogP) is 3.09. The molecule has 1 atom stereocenters. The van der Waals surface area contributed by atoms with Crippen LogP contribution < -0.4 is 20.1 Å². The largest absolute Gasteiger partial charge is 0.497 e. The van der Waals surface area contributed by atoms with E-state index in [2.05, 4.69) is 15.4 Å². The zero-order valence-corrected chi connectivity index (χ0v) is 16.9. The van der Waals surface area contributed by atoms with Gasteiger partial charge in [-0.1, -0.05) is 31.2 Å². The van der Waals surface area contributed by atoms with Crippen LogP contribution in [0.4, 0.5) is 19.3 Å². The number of nitrogens with one attached hydrogen (secondary N) is 2. The van der Waals surface area contributed by atoms with Crippen LogP contribution in [0.2, 0.25) is 0 Å². The summed E-state index contributed by atoms with van der Waals surface area (Å²) in [5.41, 5.74) is -0.773. The number of anilines is 1. The van der Waals surface area contributed by atoms with Gasteiger partial charge in [0.05, 0.1) is 12.8 Å². The van der Waals surface area contributed by atoms with Crippen LogP contribution in [0, 0.1) is 0 Å². The molecule has 0 bridgehead atoms. The molecule has 1 unspecified atom stereocenters. The van der Waals surface area contributed by atoms with Gasteiger partial charge in [-0.25, -0.2) is 4.79 Å². The quantitative estimate of drug-likeness (QED) is 0.624. The van der Waals surface area contributed by atoms with Crippen molar-refractivity contribution in [3.63, 3.8) is 0 Å². The Bertz CT molecular complexity index is 983. The van der Waals surface area contributed by atoms with Crippen molar-refractivity contribution in [2.45, 2.75) is 25.5 Å². The van der Waals surface area contributed by atoms with Crippen LogP contribution in [0.15, 0.2) is 48.5 Å². The standard InChI is InChI=1S/C21H21F2N3O5/c1-3-21(13-8-10-14(30-2)11-9-13)18(28)26(20(29)25-21)12-17(27)24-15-6-4-5-7-16(15)31-19(22)23/h4-11,19H,3,12H2,1-2H3,(H,24,27)(H,25,29). The first kappa shape index (κ1) is 22.0. The van der Waals surface area contributed by atoms with Gasteiger partial charge in [0.2, 0.25) is 5.91 Å². The first-order valence-corrected chi connectivity index (χ1v) is 9.43. The summed E-state index contributed by atoms with van der Waals surface area (Å²) in [7, 11) is 1.51. The van der Waals surface area contributed by atoms with Crippen molar-refractivity contribution in [2.24, 2.45) is 0 Å². The summed E-state index contributed by atoms with van der Waals surface area (Å²) in [5.74, 6) is -0.968. The number of alkyl halides is 2. The van der Waals surface area contributed by atoms with E-state index < -0.39 is 36.5 Å². The molecule has 0 spiro atoms. The maximum Gasteiger partial charge on any atom is 0.387 e. The fourth-order valence-electron chi connectivity index (χ4n) is 3.39. The average Bonchev–Trinajstić information content (AvgIpc) is 3.00. The SMILES string of the molecule is CCC1(c2ccc(OC)cc2)NC(=O)N(CC(=O)Nc2ccccc2OC(F)F)C1=O. The van der Waals surface area contributed by atoms with E-state index in [1.165, 1.54) is 31.4 Å². The molecule has 1 fully saturated rings. The van der Waals surface area contributed by atoms with Gasteiger partial charge in [0.1, 0.15) is 23.6 Å². The van der Waals surface area contributed by atoms with Crippen LogP contribution in [0.3, 0.4) is 0 Å². The Labute approximate surface area is 177 Å². The lowest BCUT2D eigenvalue weighted by Gasteiger charge is -2.26. The molecule has 0 aliphatic carbocycles. The van der Waals surface area contributed by atoms with Crippen molar-refractivity contribution in [1.82, 2.24) is 10.2 Å². The number of hydrogen-bond donors (Lipinski definition) is 2. The van der Waals surface area contributed by atoms with Crippen LogP contribution in [-0.2, 0) is 15.1 Å². The third-order valence-corrected chi connectivity index (χ3v) is 4.97. The highest BCUT2D eigenvalue weighted by Crippen LogP contribution is 2.33. The first-order chi connectivity index (χ1) is 14.8. The number of amides is 4. The smallest absolute Gasteiger partial charge is 0.387 e. The van der Waals surface area contributed by atoms with Gasteiger partial charge in [-0.05, 0) is 36.2 Å². The molecule has 4 amide bonds. The summed E-state index contributed by atoms with van der Waals surface area (Å²) in [6.45, 7) is -1.92. The third-order valence-electron chi connectivity index (χ3n) is 4.97. The first-order valence-electron chi connectivity index (χ1n) is 9.43. The van der Waals surface area contributed by atoms with Crippen LogP contribution >= 0.6 is 0 Å². The number of carbonyl (C=O) groups is 3. The van der Waals surface area contributed by atoms with Gasteiger partial charge in [0.25, 0.3) is 5.91 Å². The number of hydrogen-bond acceptors (Lipinski definition) is 5. The normalized spacial score (nSPS) is 18.2. The Morgan fingerprint density at radius 1 is 1.16 bits per heavy atom. The molecule has 1 heterocycles. The maximum absolute atomic E-state index is 13.1. The molecule has 2 aromatic carbocycles. The maximum atomic E-state index is 13.1. The van der Waals surface area contributed by atoms with Crippen LogP contribution in [0.5, 0.6) is 11.5 Å². The molecule has 1 aliphatic heterocycles. The van der Waals surface area contributed by atoms with Gasteiger partial charge in [-0.2, -0.15) is 8.78 Å². The number of ether oxygens (including phenoxy) is 2. The number of halogens is 2. The fraction of sp³-hybridized carbons (Fsp3) is 0.286. The van der Waals surface area contributed by atoms with E-state index in [1.807, 2.05) is 0 Å². The second-order valence-electron chi connectivity index (χ2n) is 6.73. The van der Waals surface area contributed by atoms with E-state index in [9.17, 15) is 23.2 Å². The molecule has 2 N–H and O–H groups in total. The zero-order chi connectivity index (χ0) is 22.6. The minimum absolute atomic E-state index is 0.00300. The molecule has 31 heavy (non-hydrogen) atoms. The highest BCUT2D eigenvalue weighted by Gasteiger charge is 2.51. The Morgan fingerprint density at radius 2 is 1.84 bits per heavy atom. The number of methoxy groups -OCH3 is 1. The topological polar surface area (TPSA) is 97.0 Å². The monoisotopic (exact) mass is 433 g/mol. The fourth-order valence-corrected chi connectivity index (χ4v) is 3.39. The van der Waals surface area contributed by atoms with Crippen molar-refractivity contribution in [1.29, 1.82) is 0 Å². The van der Waals surface area contributed by atoms with Crippen molar-refractivity contribution >= 4 is 23.5 Å². The van der Waals surface area contributed by atoms with Gasteiger partial charge in [-0.15, -0.1) is 0 Å². The minimum atomic E-state index is -3.07. The van der Waals surface area contributed by atoms with E-state index in [0.29, 0.717) is 11.3 Å². The molecule has 3 rings (SSSR count). The summed E-state index contributed by atoms with van der Waals surface area (Å²) >= 11 is 0. The van der Waals surface area contributed by atoms with Crippen molar-refractivity contribution in [3.8, 4) is 11.5 Å². The summed E-state index contributed by atoms with van der Waals surface area (Å²) in [4.78, 5) is 38.9. The lowest BCUT2D eigenvalue weighted by Crippen LogP contribution is -2.44. The van der Waals surface area contributed by atoms with Gasteiger partial charge in [-0.3, -0.25) is 14.5 Å². The Morgan fingerprint density at radius 3 is 2.45 bits per heavy atom. The average molecular weight is 433 g/mol. The third kappa shape index (κ3) is 4.42. The second-order valence-corrected chi connectivity index (χ2v) is 6.73. The number of imide groups is 1. The number of urea groups is 1. The highest BCUT2D eigenvalue weighted by atomic mass is 19.3. The number of rotatable bonds is 8. The molecule has 1 saturated heterocycles. The highest BCUT2D eigenvalue weighted by molar-refractivity contribution is 6.10. The van der Waals surface area contributed by atoms with Crippen LogP contribution in [-0.4, -0.2) is 43.0 Å². The van der Waals surface area contributed by atoms with Gasteiger partial charge < -0.3 is 20.1 Å². The van der Waals surface area contributed by atoms with Crippen LogP contribution in [0.1, 0.15) is 18.9 Å². The van der Waals surface area contributed by atoms with E-state index in [-0.39, 0.29) is 17.9 Å². The Kier molecular flexibility index (Phi) is 6.38. The molecule has 1 aliphatic rings. The van der Waals surface area contributed by atoms with Gasteiger partial charge in [0.15, 0.2) is 0 Å². The molecular formula is C21H21F2N3O5. The number of para-hydroxylation sites is 2. The Balaban J connectivity index is 1.77. The second kappa shape index (κ2) is 8.99. The van der Waals surface area contributed by atoms with E-state index >= 15 is 0 Å². The molecule has 8 nitrogen and oxygen atoms in total. The molecule has 0 aromatic heterocycles. The summed E-state index contributed by atoms with van der Waals surface area (Å²) in [6.07, 6.45) is 0.257. The Hall–Kier alpha value is -3.69. The molecule has 0 saturated carbocycles. The summed E-state index contributed by atoms with van der Waals surface area (Å²) in [5, 5.41) is 5.07. The van der Waals surface area contributed by atoms with E-state index in [1.54, 1.807) is 31.2 Å². The lowest BCUT2D eigenvalue weighted by atomic mass is 9.87. The predicted molar refractivity (Wildman–Crippen MR) is 107 cm³/mol. The molecule has 164 valence electrons. The zero-order valence-electron chi connectivity index (χ0n) is 16.9. The molecule has 0 radical (unpaired) electrons. The van der Waals surface area contributed by atoms with Crippen molar-refractivity contribution in [2.75, 3.05) is 19.0 Å². The van der Waals surface area contributed by atoms with Crippen molar-refractivity contribution in [3.05, 3.63) is 54.1 Å². The molecule has 2 aromatic rings. The summed E-state index contributed by atoms with van der Waals surface area (Å²) < 4.78 is 34.6. The minimum Gasteiger partial charge on any atom is -0.497 e. The summed E-state index contributed by atoms with van der Waals surface area (Å²) in [6, 6.07) is 11.6. The van der Waals surface area contributed by atoms with Gasteiger partial charge in [0, 0.05) is 0 Å². The van der Waals surface area contributed by atoms with Crippen molar-refractivity contribution < 1.29 is 32.6 Å². The molecule has 10 heteroatoms. The van der Waals surface area contributed by atoms with Crippen LogP contribution in [0.25, 0.3) is 0 Å². The lowest BCUT2D eigenvalue weighted by molar-refractivity contribution is -0.134. The number of benzene rings is 2. The number of carbonyl (C=O) groups excluding carboxylic acids is 3. The van der Waals surface area contributed by atoms with E-state index in [0.717, 1.165) is 4.90 Å². The van der Waals surface area contributed by atoms with Gasteiger partial charge >= 0.3 is 12.6 Å². The number of nitrogens with zero attached hydrogens (tertiary/aromatic N) is 1. The molecular weight excluding hydrogens is 412 g/mol.